The molecule has 0 bridgehead atoms. The van der Waals surface area contributed by atoms with Crippen LogP contribution in [0.5, 0.6) is 0 Å². The highest BCUT2D eigenvalue weighted by atomic mass is 35.5. The fourth-order valence-electron chi connectivity index (χ4n) is 0.992. The Labute approximate surface area is 68.6 Å². The lowest BCUT2D eigenvalue weighted by molar-refractivity contribution is 0.930. The van der Waals surface area contributed by atoms with Crippen LogP contribution in [0, 0.1) is 6.92 Å². The van der Waals surface area contributed by atoms with Crippen molar-refractivity contribution in [3.8, 4) is 0 Å². The maximum absolute atomic E-state index is 5.86. The minimum absolute atomic E-state index is 0.595. The van der Waals surface area contributed by atoms with Crippen LogP contribution in [0.4, 0.5) is 0 Å². The highest BCUT2D eigenvalue weighted by Gasteiger charge is 1.99. The van der Waals surface area contributed by atoms with Crippen molar-refractivity contribution >= 4 is 17.2 Å². The van der Waals surface area contributed by atoms with E-state index in [9.17, 15) is 0 Å². The summed E-state index contributed by atoms with van der Waals surface area (Å²) in [6.45, 7) is 1.90. The van der Waals surface area contributed by atoms with Gasteiger partial charge in [0.25, 0.3) is 0 Å². The molecule has 0 aliphatic carbocycles. The van der Waals surface area contributed by atoms with Gasteiger partial charge in [0, 0.05) is 11.8 Å². The SMILES string of the molecule is Cc1cc(Cl)n2nccc2n1. The third kappa shape index (κ3) is 0.973. The van der Waals surface area contributed by atoms with E-state index in [-0.39, 0.29) is 0 Å². The van der Waals surface area contributed by atoms with Crippen molar-refractivity contribution in [2.24, 2.45) is 0 Å². The molecule has 2 aromatic heterocycles. The summed E-state index contributed by atoms with van der Waals surface area (Å²) in [6, 6.07) is 3.60. The fourth-order valence-corrected chi connectivity index (χ4v) is 1.28. The quantitative estimate of drug-likeness (QED) is 0.559. The molecule has 0 aliphatic rings. The normalized spacial score (nSPS) is 10.7. The third-order valence-corrected chi connectivity index (χ3v) is 1.71. The largest absolute Gasteiger partial charge is 0.234 e. The molecule has 4 heteroatoms. The Morgan fingerprint density at radius 3 is 3.18 bits per heavy atom. The predicted octanol–water partition coefficient (Wildman–Crippen LogP) is 1.69. The van der Waals surface area contributed by atoms with Crippen LogP contribution in [0.25, 0.3) is 5.65 Å². The zero-order chi connectivity index (χ0) is 7.84. The van der Waals surface area contributed by atoms with Gasteiger partial charge in [-0.05, 0) is 13.0 Å². The van der Waals surface area contributed by atoms with Crippen LogP contribution in [-0.2, 0) is 0 Å². The predicted molar refractivity (Wildman–Crippen MR) is 42.7 cm³/mol. The standard InChI is InChI=1S/C7H6ClN3/c1-5-4-6(8)11-7(10-5)2-3-9-11/h2-4H,1H3. The van der Waals surface area contributed by atoms with Gasteiger partial charge in [0.05, 0.1) is 6.20 Å². The number of rotatable bonds is 0. The first-order valence-corrected chi connectivity index (χ1v) is 3.62. The molecule has 2 rings (SSSR count). The van der Waals surface area contributed by atoms with E-state index in [4.69, 9.17) is 11.6 Å². The average molecular weight is 168 g/mol. The van der Waals surface area contributed by atoms with E-state index in [2.05, 4.69) is 10.1 Å². The number of fused-ring (bicyclic) bond motifs is 1. The van der Waals surface area contributed by atoms with Gasteiger partial charge in [0.2, 0.25) is 0 Å². The number of aryl methyl sites for hydroxylation is 1. The fraction of sp³-hybridized carbons (Fsp3) is 0.143. The highest BCUT2D eigenvalue weighted by molar-refractivity contribution is 6.29. The van der Waals surface area contributed by atoms with Crippen LogP contribution in [-0.4, -0.2) is 14.6 Å². The smallest absolute Gasteiger partial charge is 0.156 e. The van der Waals surface area contributed by atoms with Crippen LogP contribution in [0.1, 0.15) is 5.69 Å². The Kier molecular flexibility index (Phi) is 1.32. The van der Waals surface area contributed by atoms with Gasteiger partial charge in [-0.3, -0.25) is 0 Å². The zero-order valence-corrected chi connectivity index (χ0v) is 6.71. The molecular formula is C7H6ClN3. The minimum atomic E-state index is 0.595. The van der Waals surface area contributed by atoms with Crippen molar-refractivity contribution < 1.29 is 0 Å². The Balaban J connectivity index is 2.91. The van der Waals surface area contributed by atoms with E-state index in [1.807, 2.05) is 13.0 Å². The lowest BCUT2D eigenvalue weighted by atomic mass is 10.4. The number of aromatic nitrogens is 3. The third-order valence-electron chi connectivity index (χ3n) is 1.44. The Morgan fingerprint density at radius 1 is 1.55 bits per heavy atom. The maximum atomic E-state index is 5.86. The Hall–Kier alpha value is -1.09. The van der Waals surface area contributed by atoms with E-state index < -0.39 is 0 Å². The molecule has 0 atom stereocenters. The second-order valence-electron chi connectivity index (χ2n) is 2.32. The molecule has 2 heterocycles. The highest BCUT2D eigenvalue weighted by Crippen LogP contribution is 2.10. The number of hydrogen-bond acceptors (Lipinski definition) is 2. The van der Waals surface area contributed by atoms with E-state index in [1.54, 1.807) is 16.8 Å². The molecule has 0 radical (unpaired) electrons. The first-order valence-electron chi connectivity index (χ1n) is 3.24. The maximum Gasteiger partial charge on any atom is 0.156 e. The van der Waals surface area contributed by atoms with Crippen molar-refractivity contribution in [2.45, 2.75) is 6.92 Å². The minimum Gasteiger partial charge on any atom is -0.234 e. The van der Waals surface area contributed by atoms with Gasteiger partial charge in [0.1, 0.15) is 5.15 Å². The summed E-state index contributed by atoms with van der Waals surface area (Å²) < 4.78 is 1.59. The van der Waals surface area contributed by atoms with Gasteiger partial charge in [-0.15, -0.1) is 0 Å². The second-order valence-corrected chi connectivity index (χ2v) is 2.71. The van der Waals surface area contributed by atoms with Crippen molar-refractivity contribution in [3.63, 3.8) is 0 Å². The molecule has 3 nitrogen and oxygen atoms in total. The molecular weight excluding hydrogens is 162 g/mol. The lowest BCUT2D eigenvalue weighted by Gasteiger charge is -1.96. The summed E-state index contributed by atoms with van der Waals surface area (Å²) in [5.74, 6) is 0. The molecule has 0 fully saturated rings. The molecule has 2 aromatic rings. The first-order chi connectivity index (χ1) is 5.27. The Bertz CT molecular complexity index is 393. The molecule has 0 unspecified atom stereocenters. The Morgan fingerprint density at radius 2 is 2.36 bits per heavy atom. The summed E-state index contributed by atoms with van der Waals surface area (Å²) >= 11 is 5.86. The molecule has 56 valence electrons. The lowest BCUT2D eigenvalue weighted by Crippen LogP contribution is -1.92. The van der Waals surface area contributed by atoms with Gasteiger partial charge in [-0.1, -0.05) is 11.6 Å². The van der Waals surface area contributed by atoms with E-state index in [0.29, 0.717) is 5.15 Å². The monoisotopic (exact) mass is 167 g/mol. The van der Waals surface area contributed by atoms with E-state index in [1.165, 1.54) is 0 Å². The topological polar surface area (TPSA) is 30.2 Å². The van der Waals surface area contributed by atoms with Crippen LogP contribution in [0.15, 0.2) is 18.3 Å². The summed E-state index contributed by atoms with van der Waals surface area (Å²) in [5.41, 5.74) is 1.69. The van der Waals surface area contributed by atoms with Gasteiger partial charge < -0.3 is 0 Å². The summed E-state index contributed by atoms with van der Waals surface area (Å²) in [6.07, 6.45) is 1.67. The average Bonchev–Trinajstić information content (AvgIpc) is 2.34. The van der Waals surface area contributed by atoms with Gasteiger partial charge in [0.15, 0.2) is 5.65 Å². The van der Waals surface area contributed by atoms with Gasteiger partial charge >= 0.3 is 0 Å². The van der Waals surface area contributed by atoms with Crippen LogP contribution >= 0.6 is 11.6 Å². The van der Waals surface area contributed by atoms with Crippen molar-refractivity contribution in [2.75, 3.05) is 0 Å². The molecule has 0 spiro atoms. The number of halogens is 1. The summed E-state index contributed by atoms with van der Waals surface area (Å²) in [5, 5.41) is 4.58. The van der Waals surface area contributed by atoms with Gasteiger partial charge in [-0.25, -0.2) is 9.50 Å². The van der Waals surface area contributed by atoms with Crippen molar-refractivity contribution in [1.82, 2.24) is 14.6 Å². The van der Waals surface area contributed by atoms with Crippen molar-refractivity contribution in [1.29, 1.82) is 0 Å². The molecule has 0 amide bonds. The molecule has 0 saturated heterocycles. The van der Waals surface area contributed by atoms with E-state index in [0.717, 1.165) is 11.3 Å². The molecule has 11 heavy (non-hydrogen) atoms. The molecule has 0 N–H and O–H groups in total. The van der Waals surface area contributed by atoms with Crippen LogP contribution in [0.2, 0.25) is 5.15 Å². The second kappa shape index (κ2) is 2.20. The molecule has 0 aliphatic heterocycles. The molecule has 0 saturated carbocycles. The number of nitrogens with zero attached hydrogens (tertiary/aromatic N) is 3. The molecule has 0 aromatic carbocycles. The van der Waals surface area contributed by atoms with E-state index >= 15 is 0 Å². The zero-order valence-electron chi connectivity index (χ0n) is 5.95. The first kappa shape index (κ1) is 6.61. The van der Waals surface area contributed by atoms with Crippen molar-refractivity contribution in [3.05, 3.63) is 29.2 Å². The van der Waals surface area contributed by atoms with Crippen LogP contribution < -0.4 is 0 Å². The summed E-state index contributed by atoms with van der Waals surface area (Å²) in [4.78, 5) is 4.21. The van der Waals surface area contributed by atoms with Crippen LogP contribution in [0.3, 0.4) is 0 Å². The summed E-state index contributed by atoms with van der Waals surface area (Å²) in [7, 11) is 0. The van der Waals surface area contributed by atoms with Gasteiger partial charge in [-0.2, -0.15) is 5.10 Å². The number of hydrogen-bond donors (Lipinski definition) is 0.